The van der Waals surface area contributed by atoms with E-state index in [1.807, 2.05) is 25.1 Å². The summed E-state index contributed by atoms with van der Waals surface area (Å²) in [5, 5.41) is 7.62. The van der Waals surface area contributed by atoms with Crippen molar-refractivity contribution in [3.05, 3.63) is 39.3 Å². The summed E-state index contributed by atoms with van der Waals surface area (Å²) in [6.07, 6.45) is 0. The number of aliphatic imine (C=N–C) groups is 1. The molecule has 0 unspecified atom stereocenters. The number of rotatable bonds is 6. The highest BCUT2D eigenvalue weighted by Gasteiger charge is 2.07. The lowest BCUT2D eigenvalue weighted by atomic mass is 10.2. The van der Waals surface area contributed by atoms with E-state index in [1.165, 1.54) is 4.88 Å². The molecule has 0 aliphatic rings. The fourth-order valence-electron chi connectivity index (χ4n) is 2.17. The fourth-order valence-corrected chi connectivity index (χ4v) is 3.04. The predicted octanol–water partition coefficient (Wildman–Crippen LogP) is 2.64. The minimum absolute atomic E-state index is 0.635. The summed E-state index contributed by atoms with van der Waals surface area (Å²) in [6, 6.07) is 5.84. The van der Waals surface area contributed by atoms with Crippen molar-refractivity contribution in [2.75, 3.05) is 21.3 Å². The van der Waals surface area contributed by atoms with Gasteiger partial charge >= 0.3 is 0 Å². The van der Waals surface area contributed by atoms with E-state index in [1.54, 1.807) is 32.6 Å². The number of methoxy groups -OCH3 is 2. The summed E-state index contributed by atoms with van der Waals surface area (Å²) in [5.41, 5.74) is 2.17. The summed E-state index contributed by atoms with van der Waals surface area (Å²) in [4.78, 5) is 10.0. The largest absolute Gasteiger partial charge is 0.493 e. The smallest absolute Gasteiger partial charge is 0.191 e. The van der Waals surface area contributed by atoms with Gasteiger partial charge in [0.15, 0.2) is 17.5 Å². The van der Waals surface area contributed by atoms with Crippen molar-refractivity contribution in [2.24, 2.45) is 4.99 Å². The molecule has 0 spiro atoms. The molecule has 0 aliphatic carbocycles. The molecule has 6 nitrogen and oxygen atoms in total. The second-order valence-corrected chi connectivity index (χ2v) is 6.51. The van der Waals surface area contributed by atoms with Crippen molar-refractivity contribution < 1.29 is 9.47 Å². The van der Waals surface area contributed by atoms with Crippen LogP contribution in [0.15, 0.2) is 23.2 Å². The number of hydrogen-bond acceptors (Lipinski definition) is 5. The lowest BCUT2D eigenvalue weighted by molar-refractivity contribution is 0.354. The van der Waals surface area contributed by atoms with Gasteiger partial charge in [0.05, 0.1) is 26.5 Å². The Hall–Kier alpha value is -2.28. The number of aryl methyl sites for hydroxylation is 2. The highest BCUT2D eigenvalue weighted by Crippen LogP contribution is 2.27. The second-order valence-electron chi connectivity index (χ2n) is 5.22. The van der Waals surface area contributed by atoms with E-state index >= 15 is 0 Å². The molecule has 0 saturated heterocycles. The lowest BCUT2D eigenvalue weighted by Gasteiger charge is -2.13. The molecular weight excluding hydrogens is 324 g/mol. The van der Waals surface area contributed by atoms with Gasteiger partial charge in [-0.1, -0.05) is 6.07 Å². The van der Waals surface area contributed by atoms with E-state index in [-0.39, 0.29) is 0 Å². The van der Waals surface area contributed by atoms with Crippen molar-refractivity contribution in [1.29, 1.82) is 0 Å². The Bertz CT molecular complexity index is 693. The van der Waals surface area contributed by atoms with Crippen LogP contribution in [0.4, 0.5) is 0 Å². The molecule has 0 bridgehead atoms. The zero-order chi connectivity index (χ0) is 17.5. The monoisotopic (exact) mass is 348 g/mol. The van der Waals surface area contributed by atoms with Gasteiger partial charge < -0.3 is 20.1 Å². The van der Waals surface area contributed by atoms with Crippen molar-refractivity contribution in [1.82, 2.24) is 15.6 Å². The zero-order valence-electron chi connectivity index (χ0n) is 14.8. The maximum atomic E-state index is 5.32. The van der Waals surface area contributed by atoms with E-state index in [2.05, 4.69) is 27.5 Å². The number of ether oxygens (including phenoxy) is 2. The Morgan fingerprint density at radius 2 is 1.83 bits per heavy atom. The van der Waals surface area contributed by atoms with Crippen molar-refractivity contribution in [2.45, 2.75) is 26.9 Å². The zero-order valence-corrected chi connectivity index (χ0v) is 15.6. The standard InChI is InChI=1S/C17H24N4O2S/c1-11-12(2)24-16(21-11)10-20-17(18-3)19-9-13-6-7-14(22-4)15(8-13)23-5/h6-8H,9-10H2,1-5H3,(H2,18,19,20). The number of nitrogens with one attached hydrogen (secondary N) is 2. The highest BCUT2D eigenvalue weighted by atomic mass is 32.1. The quantitative estimate of drug-likeness (QED) is 0.620. The molecule has 0 atom stereocenters. The molecule has 1 aromatic heterocycles. The van der Waals surface area contributed by atoms with E-state index < -0.39 is 0 Å². The Labute approximate surface area is 146 Å². The van der Waals surface area contributed by atoms with E-state index in [0.29, 0.717) is 18.8 Å². The third-order valence-corrected chi connectivity index (χ3v) is 4.68. The normalized spacial score (nSPS) is 11.3. The van der Waals surface area contributed by atoms with Crippen LogP contribution >= 0.6 is 11.3 Å². The summed E-state index contributed by atoms with van der Waals surface area (Å²) >= 11 is 1.70. The molecule has 24 heavy (non-hydrogen) atoms. The van der Waals surface area contributed by atoms with Crippen LogP contribution in [0.5, 0.6) is 11.5 Å². The SMILES string of the molecule is CN=C(NCc1ccc(OC)c(OC)c1)NCc1nc(C)c(C)s1. The first-order chi connectivity index (χ1) is 11.6. The van der Waals surface area contributed by atoms with Gasteiger partial charge in [0, 0.05) is 18.5 Å². The van der Waals surface area contributed by atoms with Crippen LogP contribution in [-0.4, -0.2) is 32.2 Å². The van der Waals surface area contributed by atoms with Crippen LogP contribution in [0.25, 0.3) is 0 Å². The first kappa shape index (κ1) is 18.1. The van der Waals surface area contributed by atoms with Gasteiger partial charge in [-0.3, -0.25) is 4.99 Å². The Kier molecular flexibility index (Phi) is 6.43. The number of benzene rings is 1. The molecule has 7 heteroatoms. The van der Waals surface area contributed by atoms with Gasteiger partial charge in [0.2, 0.25) is 0 Å². The number of nitrogens with zero attached hydrogens (tertiary/aromatic N) is 2. The minimum atomic E-state index is 0.635. The molecule has 1 heterocycles. The molecule has 0 amide bonds. The fraction of sp³-hybridized carbons (Fsp3) is 0.412. The Balaban J connectivity index is 1.91. The summed E-state index contributed by atoms with van der Waals surface area (Å²) in [5.74, 6) is 2.17. The van der Waals surface area contributed by atoms with Crippen LogP contribution in [0.3, 0.4) is 0 Å². The predicted molar refractivity (Wildman–Crippen MR) is 98.2 cm³/mol. The number of thiazole rings is 1. The highest BCUT2D eigenvalue weighted by molar-refractivity contribution is 7.11. The Morgan fingerprint density at radius 1 is 1.12 bits per heavy atom. The molecule has 0 aliphatic heterocycles. The molecule has 1 aromatic carbocycles. The van der Waals surface area contributed by atoms with Crippen molar-refractivity contribution >= 4 is 17.3 Å². The van der Waals surface area contributed by atoms with Gasteiger partial charge in [-0.05, 0) is 31.5 Å². The van der Waals surface area contributed by atoms with Gasteiger partial charge in [-0.15, -0.1) is 11.3 Å². The molecule has 0 fully saturated rings. The van der Waals surface area contributed by atoms with Gasteiger partial charge in [-0.25, -0.2) is 4.98 Å². The number of guanidine groups is 1. The summed E-state index contributed by atoms with van der Waals surface area (Å²) in [6.45, 7) is 5.40. The third kappa shape index (κ3) is 4.61. The molecule has 0 radical (unpaired) electrons. The summed E-state index contributed by atoms with van der Waals surface area (Å²) in [7, 11) is 5.01. The van der Waals surface area contributed by atoms with Crippen LogP contribution < -0.4 is 20.1 Å². The first-order valence-electron chi connectivity index (χ1n) is 7.65. The average Bonchev–Trinajstić information content (AvgIpc) is 2.92. The van der Waals surface area contributed by atoms with Crippen molar-refractivity contribution in [3.8, 4) is 11.5 Å². The lowest BCUT2D eigenvalue weighted by Crippen LogP contribution is -2.36. The molecule has 2 rings (SSSR count). The maximum absolute atomic E-state index is 5.32. The van der Waals surface area contributed by atoms with E-state index in [9.17, 15) is 0 Å². The van der Waals surface area contributed by atoms with Crippen LogP contribution in [0.2, 0.25) is 0 Å². The number of aromatic nitrogens is 1. The first-order valence-corrected chi connectivity index (χ1v) is 8.47. The van der Waals surface area contributed by atoms with Gasteiger partial charge in [0.25, 0.3) is 0 Å². The average molecular weight is 348 g/mol. The van der Waals surface area contributed by atoms with Crippen LogP contribution in [0.1, 0.15) is 21.1 Å². The van der Waals surface area contributed by atoms with Crippen molar-refractivity contribution in [3.63, 3.8) is 0 Å². The molecule has 0 saturated carbocycles. The van der Waals surface area contributed by atoms with E-state index in [0.717, 1.165) is 28.0 Å². The van der Waals surface area contributed by atoms with Crippen LogP contribution in [-0.2, 0) is 13.1 Å². The minimum Gasteiger partial charge on any atom is -0.493 e. The molecule has 2 N–H and O–H groups in total. The van der Waals surface area contributed by atoms with Gasteiger partial charge in [0.1, 0.15) is 5.01 Å². The second kappa shape index (κ2) is 8.54. The summed E-state index contributed by atoms with van der Waals surface area (Å²) < 4.78 is 10.6. The number of hydrogen-bond donors (Lipinski definition) is 2. The molecule has 2 aromatic rings. The van der Waals surface area contributed by atoms with E-state index in [4.69, 9.17) is 9.47 Å². The maximum Gasteiger partial charge on any atom is 0.191 e. The Morgan fingerprint density at radius 3 is 2.42 bits per heavy atom. The topological polar surface area (TPSA) is 67.8 Å². The molecule has 130 valence electrons. The van der Waals surface area contributed by atoms with Crippen LogP contribution in [0, 0.1) is 13.8 Å². The third-order valence-electron chi connectivity index (χ3n) is 3.61. The molecular formula is C17H24N4O2S. The van der Waals surface area contributed by atoms with Gasteiger partial charge in [-0.2, -0.15) is 0 Å².